The van der Waals surface area contributed by atoms with Gasteiger partial charge in [0, 0.05) is 31.4 Å². The fourth-order valence-electron chi connectivity index (χ4n) is 2.50. The van der Waals surface area contributed by atoms with E-state index < -0.39 is 0 Å². The number of urea groups is 1. The first kappa shape index (κ1) is 16.4. The van der Waals surface area contributed by atoms with Gasteiger partial charge in [-0.05, 0) is 43.9 Å². The molecule has 1 atom stereocenters. The highest BCUT2D eigenvalue weighted by molar-refractivity contribution is 5.74. The lowest BCUT2D eigenvalue weighted by Crippen LogP contribution is -2.41. The normalized spacial score (nSPS) is 15.1. The Kier molecular flexibility index (Phi) is 5.08. The van der Waals surface area contributed by atoms with E-state index in [4.69, 9.17) is 4.52 Å². The first-order valence-electron chi connectivity index (χ1n) is 8.45. The first-order chi connectivity index (χ1) is 11.7. The van der Waals surface area contributed by atoms with Crippen LogP contribution in [0, 0.1) is 0 Å². The Labute approximate surface area is 141 Å². The summed E-state index contributed by atoms with van der Waals surface area (Å²) in [5.74, 6) is 1.66. The van der Waals surface area contributed by atoms with Crippen LogP contribution in [0.3, 0.4) is 0 Å². The van der Waals surface area contributed by atoms with E-state index >= 15 is 0 Å². The van der Waals surface area contributed by atoms with Crippen molar-refractivity contribution in [1.29, 1.82) is 0 Å². The summed E-state index contributed by atoms with van der Waals surface area (Å²) in [6.07, 6.45) is 6.60. The predicted molar refractivity (Wildman–Crippen MR) is 88.2 cm³/mol. The van der Waals surface area contributed by atoms with Gasteiger partial charge in [0.15, 0.2) is 5.82 Å². The Balaban J connectivity index is 1.61. The van der Waals surface area contributed by atoms with E-state index in [-0.39, 0.29) is 12.1 Å². The lowest BCUT2D eigenvalue weighted by atomic mass is 10.2. The molecular formula is C17H23N5O2. The number of carbonyl (C=O) groups excluding carboxylic acids is 1. The highest BCUT2D eigenvalue weighted by Gasteiger charge is 2.30. The topological polar surface area (TPSA) is 84.2 Å². The van der Waals surface area contributed by atoms with Crippen LogP contribution in [0.25, 0.3) is 0 Å². The number of carbonyl (C=O) groups is 1. The average Bonchev–Trinajstić information content (AvgIpc) is 3.32. The predicted octanol–water partition coefficient (Wildman–Crippen LogP) is 3.02. The molecule has 2 amide bonds. The van der Waals surface area contributed by atoms with Crippen LogP contribution in [-0.2, 0) is 6.54 Å². The van der Waals surface area contributed by atoms with Crippen molar-refractivity contribution >= 4 is 6.03 Å². The van der Waals surface area contributed by atoms with Crippen molar-refractivity contribution in [2.45, 2.75) is 51.6 Å². The van der Waals surface area contributed by atoms with Gasteiger partial charge in [-0.15, -0.1) is 0 Å². The second kappa shape index (κ2) is 7.42. The zero-order valence-corrected chi connectivity index (χ0v) is 14.1. The first-order valence-corrected chi connectivity index (χ1v) is 8.45. The van der Waals surface area contributed by atoms with Crippen molar-refractivity contribution in [3.05, 3.63) is 41.8 Å². The summed E-state index contributed by atoms with van der Waals surface area (Å²) in [6.45, 7) is 5.14. The number of amides is 2. The smallest absolute Gasteiger partial charge is 0.318 e. The number of aromatic nitrogens is 3. The maximum Gasteiger partial charge on any atom is 0.318 e. The van der Waals surface area contributed by atoms with Gasteiger partial charge in [-0.2, -0.15) is 4.98 Å². The molecule has 0 radical (unpaired) electrons. The van der Waals surface area contributed by atoms with E-state index in [0.29, 0.717) is 24.9 Å². The van der Waals surface area contributed by atoms with Crippen LogP contribution in [0.4, 0.5) is 4.79 Å². The molecule has 2 aromatic heterocycles. The molecule has 0 aromatic carbocycles. The monoisotopic (exact) mass is 329 g/mol. The third kappa shape index (κ3) is 4.10. The van der Waals surface area contributed by atoms with E-state index in [1.54, 1.807) is 17.3 Å². The minimum Gasteiger partial charge on any atom is -0.337 e. The molecule has 3 rings (SSSR count). The van der Waals surface area contributed by atoms with Gasteiger partial charge in [0.25, 0.3) is 0 Å². The van der Waals surface area contributed by atoms with Crippen molar-refractivity contribution < 1.29 is 9.32 Å². The van der Waals surface area contributed by atoms with E-state index in [1.807, 2.05) is 19.1 Å². The minimum absolute atomic E-state index is 0.132. The second-order valence-corrected chi connectivity index (χ2v) is 6.21. The lowest BCUT2D eigenvalue weighted by molar-refractivity contribution is 0.189. The molecule has 128 valence electrons. The number of pyridine rings is 1. The van der Waals surface area contributed by atoms with Crippen LogP contribution in [0.5, 0.6) is 0 Å². The third-order valence-corrected chi connectivity index (χ3v) is 4.01. The molecule has 1 N–H and O–H groups in total. The quantitative estimate of drug-likeness (QED) is 0.844. The van der Waals surface area contributed by atoms with Crippen LogP contribution in [0.2, 0.25) is 0 Å². The van der Waals surface area contributed by atoms with Gasteiger partial charge in [0.1, 0.15) is 6.04 Å². The molecule has 1 aliphatic carbocycles. The summed E-state index contributed by atoms with van der Waals surface area (Å²) in [4.78, 5) is 22.8. The number of nitrogens with one attached hydrogen (secondary N) is 1. The maximum atomic E-state index is 12.6. The number of hydrogen-bond donors (Lipinski definition) is 1. The number of nitrogens with zero attached hydrogens (tertiary/aromatic N) is 4. The van der Waals surface area contributed by atoms with Crippen LogP contribution >= 0.6 is 0 Å². The van der Waals surface area contributed by atoms with Crippen LogP contribution in [0.1, 0.15) is 62.3 Å². The zero-order valence-electron chi connectivity index (χ0n) is 14.1. The minimum atomic E-state index is -0.311. The summed E-state index contributed by atoms with van der Waals surface area (Å²) in [5.41, 5.74) is 1.05. The third-order valence-electron chi connectivity index (χ3n) is 4.01. The second-order valence-electron chi connectivity index (χ2n) is 6.21. The largest absolute Gasteiger partial charge is 0.337 e. The van der Waals surface area contributed by atoms with Crippen LogP contribution < -0.4 is 5.32 Å². The maximum absolute atomic E-state index is 12.6. The molecule has 0 spiro atoms. The average molecular weight is 329 g/mol. The fourth-order valence-corrected chi connectivity index (χ4v) is 2.50. The van der Waals surface area contributed by atoms with Gasteiger partial charge in [0.05, 0.1) is 0 Å². The fraction of sp³-hybridized carbons (Fsp3) is 0.529. The molecule has 2 heterocycles. The van der Waals surface area contributed by atoms with Gasteiger partial charge in [-0.25, -0.2) is 4.79 Å². The molecule has 7 heteroatoms. The molecule has 1 aliphatic rings. The van der Waals surface area contributed by atoms with Crippen LogP contribution in [-0.4, -0.2) is 32.6 Å². The summed E-state index contributed by atoms with van der Waals surface area (Å²) >= 11 is 0. The molecule has 0 aliphatic heterocycles. The number of hydrogen-bond acceptors (Lipinski definition) is 5. The summed E-state index contributed by atoms with van der Waals surface area (Å²) in [5, 5.41) is 6.95. The summed E-state index contributed by atoms with van der Waals surface area (Å²) in [6, 6.07) is 3.39. The highest BCUT2D eigenvalue weighted by atomic mass is 16.5. The Hall–Kier alpha value is -2.44. The van der Waals surface area contributed by atoms with E-state index in [1.165, 1.54) is 0 Å². The Morgan fingerprint density at radius 2 is 2.17 bits per heavy atom. The van der Waals surface area contributed by atoms with Gasteiger partial charge in [-0.3, -0.25) is 4.98 Å². The summed E-state index contributed by atoms with van der Waals surface area (Å²) in [7, 11) is 0. The van der Waals surface area contributed by atoms with Crippen molar-refractivity contribution in [3.63, 3.8) is 0 Å². The standard InChI is InChI=1S/C17H23N5O2/c1-3-10-22(11-13-6-8-18-9-7-13)17(23)19-12(2)16-20-15(21-24-16)14-4-5-14/h6-9,12,14H,3-5,10-11H2,1-2H3,(H,19,23)/t12-/m1/s1. The molecule has 0 saturated heterocycles. The van der Waals surface area contributed by atoms with E-state index in [2.05, 4.69) is 27.4 Å². The van der Waals surface area contributed by atoms with E-state index in [9.17, 15) is 4.79 Å². The van der Waals surface area contributed by atoms with Gasteiger partial charge < -0.3 is 14.7 Å². The summed E-state index contributed by atoms with van der Waals surface area (Å²) < 4.78 is 5.28. The van der Waals surface area contributed by atoms with Crippen molar-refractivity contribution in [3.8, 4) is 0 Å². The Morgan fingerprint density at radius 1 is 1.42 bits per heavy atom. The van der Waals surface area contributed by atoms with Gasteiger partial charge >= 0.3 is 6.03 Å². The highest BCUT2D eigenvalue weighted by Crippen LogP contribution is 2.38. The molecule has 24 heavy (non-hydrogen) atoms. The van der Waals surface area contributed by atoms with Gasteiger partial charge in [-0.1, -0.05) is 12.1 Å². The van der Waals surface area contributed by atoms with Crippen molar-refractivity contribution in [1.82, 2.24) is 25.3 Å². The van der Waals surface area contributed by atoms with Crippen LogP contribution in [0.15, 0.2) is 29.0 Å². The Morgan fingerprint density at radius 3 is 2.83 bits per heavy atom. The van der Waals surface area contributed by atoms with E-state index in [0.717, 1.165) is 30.7 Å². The van der Waals surface area contributed by atoms with Crippen molar-refractivity contribution in [2.75, 3.05) is 6.54 Å². The lowest BCUT2D eigenvalue weighted by Gasteiger charge is -2.24. The molecular weight excluding hydrogens is 306 g/mol. The zero-order chi connectivity index (χ0) is 16.9. The molecule has 2 aromatic rings. The van der Waals surface area contributed by atoms with Crippen molar-refractivity contribution in [2.24, 2.45) is 0 Å². The SMILES string of the molecule is CCCN(Cc1ccncc1)C(=O)N[C@H](C)c1nc(C2CC2)no1. The molecule has 0 bridgehead atoms. The Bertz CT molecular complexity index is 669. The molecule has 1 saturated carbocycles. The number of rotatable bonds is 7. The van der Waals surface area contributed by atoms with Gasteiger partial charge in [0.2, 0.25) is 5.89 Å². The molecule has 0 unspecified atom stereocenters. The molecule has 7 nitrogen and oxygen atoms in total. The molecule has 1 fully saturated rings.